The summed E-state index contributed by atoms with van der Waals surface area (Å²) in [7, 11) is 1.39. The molecule has 0 bridgehead atoms. The zero-order valence-electron chi connectivity index (χ0n) is 12.6. The third kappa shape index (κ3) is 2.76. The number of nitrogens with zero attached hydrogens (tertiary/aromatic N) is 1. The monoisotopic (exact) mass is 346 g/mol. The lowest BCUT2D eigenvalue weighted by Crippen LogP contribution is -2.24. The molecule has 0 unspecified atom stereocenters. The summed E-state index contributed by atoms with van der Waals surface area (Å²) in [6.45, 7) is 0. The summed E-state index contributed by atoms with van der Waals surface area (Å²) in [5.74, 6) is -1.85. The average molecular weight is 347 g/mol. The molecule has 0 aromatic heterocycles. The summed E-state index contributed by atoms with van der Waals surface area (Å²) in [5.41, 5.74) is 0.966. The van der Waals surface area contributed by atoms with Crippen LogP contribution in [0.3, 0.4) is 0 Å². The summed E-state index contributed by atoms with van der Waals surface area (Å²) < 4.78 is 13.7. The first-order chi connectivity index (χ1) is 11.4. The molecule has 0 atom stereocenters. The van der Waals surface area contributed by atoms with Crippen molar-refractivity contribution in [2.24, 2.45) is 0 Å². The van der Waals surface area contributed by atoms with Gasteiger partial charge in [-0.05, 0) is 30.3 Å². The van der Waals surface area contributed by atoms with Crippen molar-refractivity contribution in [3.63, 3.8) is 0 Å². The first-order valence-corrected chi connectivity index (χ1v) is 7.45. The predicted octanol–water partition coefficient (Wildman–Crippen LogP) is 2.89. The SMILES string of the molecule is CN1C(=O)c2ccc(NC(=O)Cc3c(F)cccc3Cl)cc2C1=O. The largest absolute Gasteiger partial charge is 0.326 e. The summed E-state index contributed by atoms with van der Waals surface area (Å²) in [5, 5.41) is 2.75. The van der Waals surface area contributed by atoms with Gasteiger partial charge in [-0.2, -0.15) is 0 Å². The van der Waals surface area contributed by atoms with Crippen LogP contribution in [0.1, 0.15) is 26.3 Å². The van der Waals surface area contributed by atoms with E-state index in [0.29, 0.717) is 5.69 Å². The second-order valence-electron chi connectivity index (χ2n) is 5.35. The minimum atomic E-state index is -0.561. The Hall–Kier alpha value is -2.73. The van der Waals surface area contributed by atoms with Gasteiger partial charge in [0.05, 0.1) is 17.5 Å². The lowest BCUT2D eigenvalue weighted by atomic mass is 10.1. The number of fused-ring (bicyclic) bond motifs is 1. The van der Waals surface area contributed by atoms with Gasteiger partial charge in [0.1, 0.15) is 5.82 Å². The number of rotatable bonds is 3. The van der Waals surface area contributed by atoms with Crippen molar-refractivity contribution in [1.29, 1.82) is 0 Å². The molecule has 0 aliphatic carbocycles. The van der Waals surface area contributed by atoms with Crippen LogP contribution < -0.4 is 5.32 Å². The van der Waals surface area contributed by atoms with E-state index in [4.69, 9.17) is 11.6 Å². The molecule has 0 fully saturated rings. The molecule has 0 saturated carbocycles. The van der Waals surface area contributed by atoms with Crippen molar-refractivity contribution < 1.29 is 18.8 Å². The highest BCUT2D eigenvalue weighted by Gasteiger charge is 2.32. The van der Waals surface area contributed by atoms with Crippen LogP contribution >= 0.6 is 11.6 Å². The number of benzene rings is 2. The third-order valence-corrected chi connectivity index (χ3v) is 4.13. The Labute approximate surface area is 142 Å². The Morgan fingerprint density at radius 1 is 1.17 bits per heavy atom. The molecule has 24 heavy (non-hydrogen) atoms. The van der Waals surface area contributed by atoms with E-state index in [1.165, 1.54) is 43.4 Å². The smallest absolute Gasteiger partial charge is 0.261 e. The Balaban J connectivity index is 1.79. The van der Waals surface area contributed by atoms with E-state index in [9.17, 15) is 18.8 Å². The summed E-state index contributed by atoms with van der Waals surface area (Å²) in [6, 6.07) is 8.61. The molecule has 1 aliphatic heterocycles. The van der Waals surface area contributed by atoms with E-state index in [1.54, 1.807) is 0 Å². The number of amides is 3. The van der Waals surface area contributed by atoms with E-state index in [2.05, 4.69) is 5.32 Å². The fourth-order valence-electron chi connectivity index (χ4n) is 2.51. The second-order valence-corrected chi connectivity index (χ2v) is 5.76. The molecular formula is C17H12ClFN2O3. The molecule has 0 saturated heterocycles. The van der Waals surface area contributed by atoms with Gasteiger partial charge < -0.3 is 5.32 Å². The number of hydrogen-bond acceptors (Lipinski definition) is 3. The van der Waals surface area contributed by atoms with Gasteiger partial charge in [0.25, 0.3) is 11.8 Å². The molecule has 0 spiro atoms. The summed E-state index contributed by atoms with van der Waals surface area (Å²) >= 11 is 5.90. The third-order valence-electron chi connectivity index (χ3n) is 3.77. The normalized spacial score (nSPS) is 13.2. The van der Waals surface area contributed by atoms with Gasteiger partial charge in [-0.25, -0.2) is 4.39 Å². The van der Waals surface area contributed by atoms with Crippen LogP contribution in [0.15, 0.2) is 36.4 Å². The number of carbonyl (C=O) groups excluding carboxylic acids is 3. The van der Waals surface area contributed by atoms with E-state index in [-0.39, 0.29) is 34.0 Å². The maximum atomic E-state index is 13.7. The van der Waals surface area contributed by atoms with Crippen molar-refractivity contribution >= 4 is 35.0 Å². The Bertz CT molecular complexity index is 862. The minimum Gasteiger partial charge on any atom is -0.326 e. The molecule has 1 aliphatic rings. The maximum absolute atomic E-state index is 13.7. The highest BCUT2D eigenvalue weighted by atomic mass is 35.5. The fourth-order valence-corrected chi connectivity index (χ4v) is 2.74. The van der Waals surface area contributed by atoms with E-state index >= 15 is 0 Å². The van der Waals surface area contributed by atoms with Gasteiger partial charge in [0.15, 0.2) is 0 Å². The molecule has 7 heteroatoms. The number of imide groups is 1. The van der Waals surface area contributed by atoms with Crippen LogP contribution in [0, 0.1) is 5.82 Å². The lowest BCUT2D eigenvalue weighted by Gasteiger charge is -2.08. The Kier molecular flexibility index (Phi) is 4.07. The van der Waals surface area contributed by atoms with E-state index in [0.717, 1.165) is 4.90 Å². The van der Waals surface area contributed by atoms with Crippen LogP contribution in [0.2, 0.25) is 5.02 Å². The summed E-state index contributed by atoms with van der Waals surface area (Å²) in [4.78, 5) is 36.9. The average Bonchev–Trinajstić information content (AvgIpc) is 2.76. The van der Waals surface area contributed by atoms with Crippen LogP contribution in [0.25, 0.3) is 0 Å². The number of hydrogen-bond donors (Lipinski definition) is 1. The maximum Gasteiger partial charge on any atom is 0.261 e. The van der Waals surface area contributed by atoms with Gasteiger partial charge in [-0.15, -0.1) is 0 Å². The zero-order chi connectivity index (χ0) is 17.4. The van der Waals surface area contributed by atoms with Crippen molar-refractivity contribution in [3.8, 4) is 0 Å². The van der Waals surface area contributed by atoms with Gasteiger partial charge in [-0.1, -0.05) is 17.7 Å². The van der Waals surface area contributed by atoms with Crippen LogP contribution in [0.5, 0.6) is 0 Å². The van der Waals surface area contributed by atoms with Gasteiger partial charge in [0, 0.05) is 23.3 Å². The fraction of sp³-hybridized carbons (Fsp3) is 0.118. The molecule has 122 valence electrons. The predicted molar refractivity (Wildman–Crippen MR) is 86.6 cm³/mol. The topological polar surface area (TPSA) is 66.5 Å². The molecule has 1 heterocycles. The van der Waals surface area contributed by atoms with E-state index in [1.807, 2.05) is 0 Å². The highest BCUT2D eigenvalue weighted by molar-refractivity contribution is 6.31. The first kappa shape index (κ1) is 16.1. The van der Waals surface area contributed by atoms with Gasteiger partial charge in [0.2, 0.25) is 5.91 Å². The quantitative estimate of drug-likeness (QED) is 0.869. The minimum absolute atomic E-state index is 0.101. The molecule has 2 aromatic rings. The number of nitrogens with one attached hydrogen (secondary N) is 1. The van der Waals surface area contributed by atoms with Crippen molar-refractivity contribution in [2.45, 2.75) is 6.42 Å². The Morgan fingerprint density at radius 2 is 1.88 bits per heavy atom. The first-order valence-electron chi connectivity index (χ1n) is 7.07. The number of anilines is 1. The standard InChI is InChI=1S/C17H12ClFN2O3/c1-21-16(23)10-6-5-9(7-11(10)17(21)24)20-15(22)8-12-13(18)3-2-4-14(12)19/h2-7H,8H2,1H3,(H,20,22). The van der Waals surface area contributed by atoms with Crippen LogP contribution in [-0.4, -0.2) is 29.7 Å². The molecule has 2 aromatic carbocycles. The lowest BCUT2D eigenvalue weighted by molar-refractivity contribution is -0.115. The van der Waals surface area contributed by atoms with Crippen molar-refractivity contribution in [1.82, 2.24) is 4.90 Å². The van der Waals surface area contributed by atoms with Crippen LogP contribution in [-0.2, 0) is 11.2 Å². The highest BCUT2D eigenvalue weighted by Crippen LogP contribution is 2.25. The number of halogens is 2. The van der Waals surface area contributed by atoms with Crippen LogP contribution in [0.4, 0.5) is 10.1 Å². The second kappa shape index (κ2) is 6.05. The molecule has 1 N–H and O–H groups in total. The van der Waals surface area contributed by atoms with Crippen molar-refractivity contribution in [3.05, 3.63) is 63.9 Å². The molecule has 5 nitrogen and oxygen atoms in total. The molecule has 3 rings (SSSR count). The molecule has 0 radical (unpaired) electrons. The Morgan fingerprint density at radius 3 is 2.58 bits per heavy atom. The van der Waals surface area contributed by atoms with Crippen molar-refractivity contribution in [2.75, 3.05) is 12.4 Å². The van der Waals surface area contributed by atoms with Gasteiger partial charge in [-0.3, -0.25) is 19.3 Å². The van der Waals surface area contributed by atoms with E-state index < -0.39 is 17.6 Å². The summed E-state index contributed by atoms with van der Waals surface area (Å²) in [6.07, 6.45) is -0.241. The van der Waals surface area contributed by atoms with Gasteiger partial charge >= 0.3 is 0 Å². The molecular weight excluding hydrogens is 335 g/mol. The zero-order valence-corrected chi connectivity index (χ0v) is 13.4. The number of carbonyl (C=O) groups is 3. The molecule has 3 amide bonds.